The van der Waals surface area contributed by atoms with Crippen molar-refractivity contribution in [2.75, 3.05) is 24.2 Å². The summed E-state index contributed by atoms with van der Waals surface area (Å²) in [6.07, 6.45) is -0.975. The Morgan fingerprint density at radius 2 is 2.12 bits per heavy atom. The van der Waals surface area contributed by atoms with Crippen LogP contribution in [-0.2, 0) is 14.3 Å². The Kier molecular flexibility index (Phi) is 5.89. The van der Waals surface area contributed by atoms with Crippen molar-refractivity contribution in [1.29, 1.82) is 0 Å². The van der Waals surface area contributed by atoms with Gasteiger partial charge in [0.2, 0.25) is 0 Å². The molecular weight excluding hydrogens is 374 g/mol. The van der Waals surface area contributed by atoms with Gasteiger partial charge in [-0.05, 0) is 6.92 Å². The average molecular weight is 391 g/mol. The smallest absolute Gasteiger partial charge is 0.326 e. The summed E-state index contributed by atoms with van der Waals surface area (Å²) in [5.74, 6) is -0.405. The van der Waals surface area contributed by atoms with E-state index >= 15 is 0 Å². The fourth-order valence-corrected chi connectivity index (χ4v) is 3.84. The maximum atomic E-state index is 12.2. The Bertz CT molecular complexity index is 809. The number of thiazole rings is 1. The largest absolute Gasteiger partial charge is 0.451 e. The minimum atomic E-state index is -0.975. The molecule has 1 fully saturated rings. The van der Waals surface area contributed by atoms with Gasteiger partial charge in [0.25, 0.3) is 11.1 Å². The first-order valence-corrected chi connectivity index (χ1v) is 9.82. The quantitative estimate of drug-likeness (QED) is 0.762. The van der Waals surface area contributed by atoms with Gasteiger partial charge >= 0.3 is 5.97 Å². The molecule has 1 aromatic heterocycles. The number of hydrogen-bond donors (Lipinski definition) is 1. The number of ether oxygens (including phenoxy) is 1. The SMILES string of the molecule is C[C@@H](OC(=O)CN1CCSC1=O)C(=O)Nc1nc(-c2ccccc2)cs1. The van der Waals surface area contributed by atoms with Gasteiger partial charge in [0.15, 0.2) is 11.2 Å². The zero-order valence-corrected chi connectivity index (χ0v) is 15.6. The third kappa shape index (κ3) is 4.61. The van der Waals surface area contributed by atoms with Crippen LogP contribution in [0.5, 0.6) is 0 Å². The Labute approximate surface area is 158 Å². The van der Waals surface area contributed by atoms with Crippen LogP contribution in [0.3, 0.4) is 0 Å². The predicted octanol–water partition coefficient (Wildman–Crippen LogP) is 2.85. The molecule has 26 heavy (non-hydrogen) atoms. The highest BCUT2D eigenvalue weighted by Crippen LogP contribution is 2.24. The molecule has 0 bridgehead atoms. The lowest BCUT2D eigenvalue weighted by Crippen LogP contribution is -2.36. The van der Waals surface area contributed by atoms with E-state index < -0.39 is 18.0 Å². The summed E-state index contributed by atoms with van der Waals surface area (Å²) in [7, 11) is 0. The number of amides is 2. The number of aromatic nitrogens is 1. The van der Waals surface area contributed by atoms with Crippen molar-refractivity contribution < 1.29 is 19.1 Å². The van der Waals surface area contributed by atoms with E-state index in [1.807, 2.05) is 35.7 Å². The van der Waals surface area contributed by atoms with Crippen LogP contribution in [0, 0.1) is 0 Å². The van der Waals surface area contributed by atoms with Crippen molar-refractivity contribution in [2.24, 2.45) is 0 Å². The second-order valence-corrected chi connectivity index (χ2v) is 7.47. The number of hydrogen-bond acceptors (Lipinski definition) is 7. The fraction of sp³-hybridized carbons (Fsp3) is 0.294. The van der Waals surface area contributed by atoms with Crippen LogP contribution in [-0.4, -0.2) is 51.9 Å². The fourth-order valence-electron chi connectivity index (χ4n) is 2.29. The first kappa shape index (κ1) is 18.4. The Morgan fingerprint density at radius 1 is 1.35 bits per heavy atom. The van der Waals surface area contributed by atoms with Gasteiger partial charge in [-0.1, -0.05) is 42.1 Å². The number of thioether (sulfide) groups is 1. The standard InChI is InChI=1S/C17H17N3O4S2/c1-11(24-14(21)9-20-7-8-25-17(20)23)15(22)19-16-18-13(10-26-16)12-5-3-2-4-6-12/h2-6,10-11H,7-9H2,1H3,(H,18,19,22)/t11-/m1/s1. The van der Waals surface area contributed by atoms with Crippen molar-refractivity contribution in [3.05, 3.63) is 35.7 Å². The van der Waals surface area contributed by atoms with Crippen LogP contribution in [0.15, 0.2) is 35.7 Å². The van der Waals surface area contributed by atoms with Gasteiger partial charge in [0.1, 0.15) is 6.54 Å². The number of rotatable bonds is 6. The summed E-state index contributed by atoms with van der Waals surface area (Å²) >= 11 is 2.46. The monoisotopic (exact) mass is 391 g/mol. The van der Waals surface area contributed by atoms with Crippen LogP contribution in [0.25, 0.3) is 11.3 Å². The number of carbonyl (C=O) groups is 3. The van der Waals surface area contributed by atoms with E-state index in [9.17, 15) is 14.4 Å². The van der Waals surface area contributed by atoms with Crippen LogP contribution in [0.1, 0.15) is 6.92 Å². The Morgan fingerprint density at radius 3 is 2.81 bits per heavy atom. The van der Waals surface area contributed by atoms with E-state index in [0.717, 1.165) is 11.3 Å². The second-order valence-electron chi connectivity index (χ2n) is 5.56. The molecule has 1 aliphatic heterocycles. The number of benzene rings is 1. The third-order valence-corrected chi connectivity index (χ3v) is 5.30. The molecule has 136 valence electrons. The lowest BCUT2D eigenvalue weighted by molar-refractivity contribution is -0.153. The van der Waals surface area contributed by atoms with Crippen molar-refractivity contribution in [1.82, 2.24) is 9.88 Å². The van der Waals surface area contributed by atoms with Gasteiger partial charge in [-0.2, -0.15) is 0 Å². The highest BCUT2D eigenvalue weighted by molar-refractivity contribution is 8.13. The van der Waals surface area contributed by atoms with E-state index in [1.165, 1.54) is 34.9 Å². The van der Waals surface area contributed by atoms with Gasteiger partial charge in [0, 0.05) is 23.2 Å². The molecule has 2 aromatic rings. The molecule has 1 aromatic carbocycles. The second kappa shape index (κ2) is 8.33. The average Bonchev–Trinajstić information content (AvgIpc) is 3.25. The molecule has 0 spiro atoms. The van der Waals surface area contributed by atoms with Crippen molar-refractivity contribution in [2.45, 2.75) is 13.0 Å². The first-order chi connectivity index (χ1) is 12.5. The van der Waals surface area contributed by atoms with Crippen LogP contribution >= 0.6 is 23.1 Å². The number of esters is 1. The van der Waals surface area contributed by atoms with E-state index in [-0.39, 0.29) is 11.8 Å². The summed E-state index contributed by atoms with van der Waals surface area (Å²) in [4.78, 5) is 41.3. The van der Waals surface area contributed by atoms with E-state index in [0.29, 0.717) is 17.4 Å². The molecule has 0 saturated carbocycles. The van der Waals surface area contributed by atoms with E-state index in [4.69, 9.17) is 4.74 Å². The number of nitrogens with one attached hydrogen (secondary N) is 1. The summed E-state index contributed by atoms with van der Waals surface area (Å²) in [6, 6.07) is 9.62. The summed E-state index contributed by atoms with van der Waals surface area (Å²) in [6.45, 7) is 1.86. The lowest BCUT2D eigenvalue weighted by Gasteiger charge is -2.16. The highest BCUT2D eigenvalue weighted by Gasteiger charge is 2.26. The Hall–Kier alpha value is -2.39. The van der Waals surface area contributed by atoms with E-state index in [2.05, 4.69) is 10.3 Å². The van der Waals surface area contributed by atoms with Crippen molar-refractivity contribution >= 4 is 45.3 Å². The molecule has 1 N–H and O–H groups in total. The number of nitrogens with zero attached hydrogens (tertiary/aromatic N) is 2. The molecule has 7 nitrogen and oxygen atoms in total. The maximum Gasteiger partial charge on any atom is 0.326 e. The summed E-state index contributed by atoms with van der Waals surface area (Å²) < 4.78 is 5.11. The van der Waals surface area contributed by atoms with Crippen molar-refractivity contribution in [3.63, 3.8) is 0 Å². The molecule has 9 heteroatoms. The van der Waals surface area contributed by atoms with Crippen LogP contribution < -0.4 is 5.32 Å². The summed E-state index contributed by atoms with van der Waals surface area (Å²) in [5.41, 5.74) is 1.72. The van der Waals surface area contributed by atoms with Crippen LogP contribution in [0.4, 0.5) is 9.93 Å². The Balaban J connectivity index is 1.52. The molecule has 2 heterocycles. The van der Waals surface area contributed by atoms with Crippen molar-refractivity contribution in [3.8, 4) is 11.3 Å². The molecular formula is C17H17N3O4S2. The minimum Gasteiger partial charge on any atom is -0.451 e. The van der Waals surface area contributed by atoms with Gasteiger partial charge in [-0.3, -0.25) is 19.7 Å². The third-order valence-electron chi connectivity index (χ3n) is 3.65. The highest BCUT2D eigenvalue weighted by atomic mass is 32.2. The maximum absolute atomic E-state index is 12.2. The molecule has 2 amide bonds. The zero-order chi connectivity index (χ0) is 18.5. The topological polar surface area (TPSA) is 88.6 Å². The molecule has 1 saturated heterocycles. The van der Waals surface area contributed by atoms with Crippen LogP contribution in [0.2, 0.25) is 0 Å². The number of carbonyl (C=O) groups excluding carboxylic acids is 3. The first-order valence-electron chi connectivity index (χ1n) is 7.96. The van der Waals surface area contributed by atoms with E-state index in [1.54, 1.807) is 0 Å². The lowest BCUT2D eigenvalue weighted by atomic mass is 10.2. The molecule has 0 radical (unpaired) electrons. The molecule has 1 aliphatic rings. The zero-order valence-electron chi connectivity index (χ0n) is 14.0. The van der Waals surface area contributed by atoms with Gasteiger partial charge in [-0.25, -0.2) is 4.98 Å². The normalized spacial score (nSPS) is 15.0. The molecule has 1 atom stereocenters. The van der Waals surface area contributed by atoms with Gasteiger partial charge < -0.3 is 9.64 Å². The number of anilines is 1. The summed E-state index contributed by atoms with van der Waals surface area (Å²) in [5, 5.41) is 4.78. The molecule has 0 aliphatic carbocycles. The molecule has 0 unspecified atom stereocenters. The molecule has 3 rings (SSSR count). The predicted molar refractivity (Wildman–Crippen MR) is 101 cm³/mol. The van der Waals surface area contributed by atoms with Gasteiger partial charge in [0.05, 0.1) is 5.69 Å². The van der Waals surface area contributed by atoms with Gasteiger partial charge in [-0.15, -0.1) is 11.3 Å². The minimum absolute atomic E-state index is 0.140.